The average molecular weight is 1110 g/mol. The molecule has 0 saturated heterocycles. The predicted octanol–water partition coefficient (Wildman–Crippen LogP) is 8.24. The number of hydrogen-bond donors (Lipinski definition) is 8. The average Bonchev–Trinajstić information content (AvgIpc) is 3.96. The Morgan fingerprint density at radius 3 is 1.87 bits per heavy atom. The van der Waals surface area contributed by atoms with Gasteiger partial charge in [0.05, 0.1) is 18.3 Å². The number of ether oxygens (including phenoxy) is 4. The van der Waals surface area contributed by atoms with Gasteiger partial charge in [0, 0.05) is 29.7 Å². The summed E-state index contributed by atoms with van der Waals surface area (Å²) in [6.07, 6.45) is -3.55. The van der Waals surface area contributed by atoms with E-state index >= 15 is 0 Å². The van der Waals surface area contributed by atoms with E-state index in [2.05, 4.69) is 67.8 Å². The lowest BCUT2D eigenvalue weighted by Gasteiger charge is -2.44. The molecule has 430 valence electrons. The highest BCUT2D eigenvalue weighted by atomic mass is 28.4. The maximum absolute atomic E-state index is 14.6. The molecule has 4 amide bonds. The van der Waals surface area contributed by atoms with Crippen LogP contribution < -0.4 is 37.5 Å². The lowest BCUT2D eigenvalue weighted by molar-refractivity contribution is -0.159. The van der Waals surface area contributed by atoms with Crippen molar-refractivity contribution < 1.29 is 57.6 Å². The lowest BCUT2D eigenvalue weighted by atomic mass is 9.84. The number of guanidine groups is 1. The summed E-state index contributed by atoms with van der Waals surface area (Å²) >= 11 is 0. The normalized spacial score (nSPS) is 16.0. The number of carbonyl (C=O) groups is 5. The molecule has 5 rings (SSSR count). The van der Waals surface area contributed by atoms with Crippen LogP contribution in [0, 0.1) is 0 Å². The smallest absolute Gasteiger partial charge is 0.408 e. The van der Waals surface area contributed by atoms with Gasteiger partial charge in [0.2, 0.25) is 5.91 Å². The minimum atomic E-state index is -2.65. The van der Waals surface area contributed by atoms with Crippen molar-refractivity contribution >= 4 is 49.9 Å². The first kappa shape index (κ1) is 62.8. The molecule has 0 bridgehead atoms. The molecule has 20 heteroatoms. The molecule has 0 spiro atoms. The Hall–Kier alpha value is -7.00. The second-order valence-electron chi connectivity index (χ2n) is 22.9. The van der Waals surface area contributed by atoms with Crippen LogP contribution in [-0.4, -0.2) is 103 Å². The topological polar surface area (TPSA) is 284 Å². The molecule has 0 fully saturated rings. The largest absolute Gasteiger partial charge is 0.488 e. The summed E-state index contributed by atoms with van der Waals surface area (Å²) in [4.78, 5) is 73.8. The number of amides is 4. The highest BCUT2D eigenvalue weighted by Crippen LogP contribution is 2.48. The number of aliphatic hydroxyl groups excluding tert-OH is 1. The van der Waals surface area contributed by atoms with Crippen LogP contribution in [0.2, 0.25) is 16.6 Å². The van der Waals surface area contributed by atoms with E-state index in [-0.39, 0.29) is 73.0 Å². The zero-order valence-corrected chi connectivity index (χ0v) is 48.8. The van der Waals surface area contributed by atoms with Crippen LogP contribution in [0.5, 0.6) is 5.75 Å². The fraction of sp³-hybridized carbons (Fsp3) is 0.492. The van der Waals surface area contributed by atoms with E-state index in [9.17, 15) is 34.2 Å². The molecule has 0 aliphatic carbocycles. The second-order valence-corrected chi connectivity index (χ2v) is 28.3. The molecule has 0 aromatic heterocycles. The van der Waals surface area contributed by atoms with Crippen LogP contribution in [0.4, 0.5) is 15.3 Å². The number of nitrogens with two attached hydrogens (primary N) is 2. The number of hydrogen-bond acceptors (Lipinski definition) is 13. The zero-order valence-electron chi connectivity index (χ0n) is 47.8. The number of benzene rings is 4. The Morgan fingerprint density at radius 2 is 1.30 bits per heavy atom. The van der Waals surface area contributed by atoms with Gasteiger partial charge in [-0.3, -0.25) is 14.6 Å². The molecule has 1 heterocycles. The number of aliphatic hydroxyl groups is 2. The van der Waals surface area contributed by atoms with Crippen LogP contribution in [-0.2, 0) is 58.3 Å². The number of aliphatic imine (C=N–C) groups is 1. The highest BCUT2D eigenvalue weighted by molar-refractivity contribution is 6.77. The van der Waals surface area contributed by atoms with Gasteiger partial charge in [-0.15, -0.1) is 0 Å². The number of anilines is 1. The van der Waals surface area contributed by atoms with Crippen LogP contribution in [0.15, 0.2) is 102 Å². The van der Waals surface area contributed by atoms with Crippen LogP contribution in [0.3, 0.4) is 0 Å². The first-order chi connectivity index (χ1) is 37.0. The molecule has 5 atom stereocenters. The number of para-hydroxylation sites is 1. The maximum atomic E-state index is 14.6. The van der Waals surface area contributed by atoms with Crippen molar-refractivity contribution in [1.29, 1.82) is 0 Å². The molecule has 4 aromatic rings. The maximum Gasteiger partial charge on any atom is 0.408 e. The third-order valence-electron chi connectivity index (χ3n) is 13.6. The summed E-state index contributed by atoms with van der Waals surface area (Å²) in [7, 11) is -2.65. The van der Waals surface area contributed by atoms with E-state index in [1.165, 1.54) is 6.07 Å². The van der Waals surface area contributed by atoms with Crippen molar-refractivity contribution in [2.45, 2.75) is 173 Å². The van der Waals surface area contributed by atoms with Crippen LogP contribution >= 0.6 is 0 Å². The van der Waals surface area contributed by atoms with Crippen LogP contribution in [0.25, 0.3) is 11.1 Å². The summed E-state index contributed by atoms with van der Waals surface area (Å²) in [5.41, 5.74) is 9.93. The lowest BCUT2D eigenvalue weighted by Crippen LogP contribution is -2.60. The van der Waals surface area contributed by atoms with Crippen molar-refractivity contribution in [3.05, 3.63) is 119 Å². The van der Waals surface area contributed by atoms with E-state index in [0.717, 1.165) is 5.56 Å². The number of nitrogens with one attached hydrogen (secondary N) is 4. The Kier molecular flexibility index (Phi) is 21.7. The molecule has 0 saturated carbocycles. The second kappa shape index (κ2) is 27.2. The van der Waals surface area contributed by atoms with Crippen molar-refractivity contribution in [2.24, 2.45) is 16.5 Å². The van der Waals surface area contributed by atoms with Crippen molar-refractivity contribution in [3.8, 4) is 16.9 Å². The summed E-state index contributed by atoms with van der Waals surface area (Å²) in [5.74, 6) is -2.20. The Morgan fingerprint density at radius 1 is 0.709 bits per heavy atom. The molecule has 1 aliphatic heterocycles. The predicted molar refractivity (Wildman–Crippen MR) is 306 cm³/mol. The number of esters is 1. The summed E-state index contributed by atoms with van der Waals surface area (Å²) in [6.45, 7) is 22.7. The third-order valence-corrected chi connectivity index (χ3v) is 19.7. The molecule has 1 aliphatic rings. The summed E-state index contributed by atoms with van der Waals surface area (Å²) in [6, 6.07) is 24.5. The monoisotopic (exact) mass is 1110 g/mol. The molecule has 79 heavy (non-hydrogen) atoms. The number of carbonyl (C=O) groups excluding carboxylic acids is 5. The van der Waals surface area contributed by atoms with E-state index in [0.29, 0.717) is 34.4 Å². The number of nitrogens with zero attached hydrogens (tertiary/aromatic N) is 1. The van der Waals surface area contributed by atoms with Crippen molar-refractivity contribution in [3.63, 3.8) is 0 Å². The minimum absolute atomic E-state index is 0.00564. The van der Waals surface area contributed by atoms with Crippen LogP contribution in [0.1, 0.15) is 118 Å². The van der Waals surface area contributed by atoms with Gasteiger partial charge in [0.15, 0.2) is 19.9 Å². The fourth-order valence-corrected chi connectivity index (χ4v) is 15.5. The quantitative estimate of drug-likeness (QED) is 0.00775. The van der Waals surface area contributed by atoms with E-state index in [1.54, 1.807) is 96.1 Å². The van der Waals surface area contributed by atoms with Crippen molar-refractivity contribution in [1.82, 2.24) is 16.0 Å². The van der Waals surface area contributed by atoms with E-state index in [1.807, 2.05) is 36.4 Å². The summed E-state index contributed by atoms with van der Waals surface area (Å²) in [5, 5.41) is 36.3. The first-order valence-electron chi connectivity index (χ1n) is 26.9. The third kappa shape index (κ3) is 17.0. The zero-order chi connectivity index (χ0) is 58.5. The molecule has 0 unspecified atom stereocenters. The standard InChI is InChI=1S/C59H83N7O12Si/c1-36(2)79(37(3)4,38(5)6)76-35-47(65-56(72)78-58(10,11)12)50(67)59(73)44-26-19-25-42(49(44)66-53(59)70)43-31-41(28-29-48(43)74-33-39-21-15-13-16-22-39)32-46(64-55(71)75-34-40-23-17-14-18-24-40)51(68)63-45(27-20-30-62-54(60)61)52(69)77-57(7,8)9/h13-19,21-26,28-29,31,36-38,45-47,50,67,73H,20,27,30,32-35H2,1-12H3,(H,63,68)(H,64,71)(H,65,72)(H,66,70)(H4,60,61,62)/t45-,46-,47+,50-,59-/m0/s1. The molecular formula is C59H83N7O12Si. The fourth-order valence-electron chi connectivity index (χ4n) is 10.1. The Labute approximate surface area is 466 Å². The first-order valence-corrected chi connectivity index (χ1v) is 29.0. The van der Waals surface area contributed by atoms with Gasteiger partial charge >= 0.3 is 18.2 Å². The molecule has 4 aromatic carbocycles. The van der Waals surface area contributed by atoms with Gasteiger partial charge in [0.1, 0.15) is 48.4 Å². The Balaban J connectivity index is 1.60. The number of rotatable bonds is 25. The van der Waals surface area contributed by atoms with Gasteiger partial charge < -0.3 is 66.3 Å². The number of alkyl carbamates (subject to hydrolysis) is 2. The van der Waals surface area contributed by atoms with Gasteiger partial charge in [-0.25, -0.2) is 14.4 Å². The molecule has 0 radical (unpaired) electrons. The van der Waals surface area contributed by atoms with Gasteiger partial charge in [-0.2, -0.15) is 0 Å². The molecule has 10 N–H and O–H groups in total. The van der Waals surface area contributed by atoms with E-state index in [4.69, 9.17) is 34.8 Å². The van der Waals surface area contributed by atoms with Gasteiger partial charge in [0.25, 0.3) is 5.91 Å². The minimum Gasteiger partial charge on any atom is -0.488 e. The number of fused-ring (bicyclic) bond motifs is 1. The summed E-state index contributed by atoms with van der Waals surface area (Å²) < 4.78 is 30.3. The van der Waals surface area contributed by atoms with Gasteiger partial charge in [-0.05, 0) is 99.8 Å². The van der Waals surface area contributed by atoms with Gasteiger partial charge in [-0.1, -0.05) is 126 Å². The van der Waals surface area contributed by atoms with Crippen molar-refractivity contribution in [2.75, 3.05) is 18.5 Å². The Bertz CT molecular complexity index is 2720. The highest BCUT2D eigenvalue weighted by Gasteiger charge is 2.55. The molecule has 19 nitrogen and oxygen atoms in total. The SMILES string of the molecule is CC(C)[Si](OC[C@@H](NC(=O)OC(C)(C)C)[C@H](O)[C@]1(O)C(=O)Nc2c(-c3cc(C[C@H](NC(=O)OCc4ccccc4)C(=O)N[C@@H](CCCN=C(N)N)C(=O)OC(C)(C)C)ccc3OCc3ccccc3)cccc21)(C(C)C)C(C)C. The van der Waals surface area contributed by atoms with E-state index < -0.39 is 79.3 Å². The molecular weight excluding hydrogens is 1030 g/mol.